The predicted molar refractivity (Wildman–Crippen MR) is 69.9 cm³/mol. The number of benzene rings is 2. The standard InChI is InChI=1S/C14H14ClN/c1-11(12-7-9-13(15)10-8-12)16-14-5-3-2-4-6-14/h2-11,16H,1H3/t11-/m0/s1. The van der Waals surface area contributed by atoms with Crippen LogP contribution in [-0.4, -0.2) is 0 Å². The first kappa shape index (κ1) is 11.0. The zero-order valence-electron chi connectivity index (χ0n) is 9.15. The van der Waals surface area contributed by atoms with Gasteiger partial charge in [-0.3, -0.25) is 0 Å². The Morgan fingerprint density at radius 3 is 2.19 bits per heavy atom. The minimum atomic E-state index is 0.277. The summed E-state index contributed by atoms with van der Waals surface area (Å²) in [4.78, 5) is 0. The van der Waals surface area contributed by atoms with Gasteiger partial charge in [0.05, 0.1) is 0 Å². The summed E-state index contributed by atoms with van der Waals surface area (Å²) in [6.07, 6.45) is 0. The van der Waals surface area contributed by atoms with Gasteiger partial charge >= 0.3 is 0 Å². The van der Waals surface area contributed by atoms with Crippen molar-refractivity contribution in [2.45, 2.75) is 13.0 Å². The fourth-order valence-corrected chi connectivity index (χ4v) is 1.75. The zero-order valence-corrected chi connectivity index (χ0v) is 9.91. The fraction of sp³-hybridized carbons (Fsp3) is 0.143. The van der Waals surface area contributed by atoms with Crippen LogP contribution in [0.2, 0.25) is 5.02 Å². The average molecular weight is 232 g/mol. The molecule has 0 bridgehead atoms. The van der Waals surface area contributed by atoms with Crippen LogP contribution < -0.4 is 5.32 Å². The lowest BCUT2D eigenvalue weighted by Gasteiger charge is -2.15. The summed E-state index contributed by atoms with van der Waals surface area (Å²) in [6.45, 7) is 2.14. The Labute approximate surface area is 101 Å². The number of hydrogen-bond acceptors (Lipinski definition) is 1. The molecule has 0 unspecified atom stereocenters. The molecule has 0 saturated carbocycles. The highest BCUT2D eigenvalue weighted by molar-refractivity contribution is 6.30. The van der Waals surface area contributed by atoms with Gasteiger partial charge in [-0.1, -0.05) is 41.9 Å². The lowest BCUT2D eigenvalue weighted by atomic mass is 10.1. The molecular formula is C14H14ClN. The molecule has 2 heteroatoms. The minimum absolute atomic E-state index is 0.277. The monoisotopic (exact) mass is 231 g/mol. The van der Waals surface area contributed by atoms with Gasteiger partial charge in [-0.05, 0) is 36.8 Å². The summed E-state index contributed by atoms with van der Waals surface area (Å²) in [6, 6.07) is 18.4. The van der Waals surface area contributed by atoms with Crippen molar-refractivity contribution >= 4 is 17.3 Å². The molecule has 2 aromatic carbocycles. The number of anilines is 1. The van der Waals surface area contributed by atoms with Gasteiger partial charge in [0.25, 0.3) is 0 Å². The second-order valence-electron chi connectivity index (χ2n) is 3.78. The lowest BCUT2D eigenvalue weighted by molar-refractivity contribution is 0.885. The van der Waals surface area contributed by atoms with Crippen LogP contribution in [0.5, 0.6) is 0 Å². The Kier molecular flexibility index (Phi) is 3.47. The van der Waals surface area contributed by atoms with Gasteiger partial charge in [-0.15, -0.1) is 0 Å². The number of rotatable bonds is 3. The quantitative estimate of drug-likeness (QED) is 0.820. The maximum atomic E-state index is 5.86. The van der Waals surface area contributed by atoms with Gasteiger partial charge in [0, 0.05) is 16.8 Å². The van der Waals surface area contributed by atoms with Gasteiger partial charge < -0.3 is 5.32 Å². The van der Waals surface area contributed by atoms with Crippen LogP contribution in [-0.2, 0) is 0 Å². The van der Waals surface area contributed by atoms with E-state index >= 15 is 0 Å². The summed E-state index contributed by atoms with van der Waals surface area (Å²) >= 11 is 5.86. The molecule has 0 radical (unpaired) electrons. The van der Waals surface area contributed by atoms with Crippen molar-refractivity contribution in [3.63, 3.8) is 0 Å². The molecule has 0 aliphatic rings. The van der Waals surface area contributed by atoms with Gasteiger partial charge in [0.15, 0.2) is 0 Å². The third-order valence-corrected chi connectivity index (χ3v) is 2.78. The van der Waals surface area contributed by atoms with E-state index in [1.54, 1.807) is 0 Å². The third kappa shape index (κ3) is 2.77. The summed E-state index contributed by atoms with van der Waals surface area (Å²) in [5.74, 6) is 0. The SMILES string of the molecule is C[C@H](Nc1ccccc1)c1ccc(Cl)cc1. The van der Waals surface area contributed by atoms with Crippen molar-refractivity contribution in [3.05, 3.63) is 65.2 Å². The van der Waals surface area contributed by atoms with Crippen LogP contribution in [0.15, 0.2) is 54.6 Å². The van der Waals surface area contributed by atoms with Crippen molar-refractivity contribution < 1.29 is 0 Å². The molecule has 0 saturated heterocycles. The molecule has 1 N–H and O–H groups in total. The normalized spacial score (nSPS) is 12.1. The molecule has 82 valence electrons. The molecule has 0 aliphatic heterocycles. The summed E-state index contributed by atoms with van der Waals surface area (Å²) < 4.78 is 0. The van der Waals surface area contributed by atoms with E-state index in [0.29, 0.717) is 0 Å². The molecule has 1 atom stereocenters. The smallest absolute Gasteiger partial charge is 0.0485 e. The molecule has 0 aliphatic carbocycles. The summed E-state index contributed by atoms with van der Waals surface area (Å²) in [5, 5.41) is 4.21. The maximum Gasteiger partial charge on any atom is 0.0485 e. The Bertz CT molecular complexity index is 436. The van der Waals surface area contributed by atoms with E-state index in [4.69, 9.17) is 11.6 Å². The van der Waals surface area contributed by atoms with E-state index < -0.39 is 0 Å². The zero-order chi connectivity index (χ0) is 11.4. The van der Waals surface area contributed by atoms with Gasteiger partial charge in [0.2, 0.25) is 0 Å². The predicted octanol–water partition coefficient (Wildman–Crippen LogP) is 4.51. The topological polar surface area (TPSA) is 12.0 Å². The van der Waals surface area contributed by atoms with Gasteiger partial charge in [-0.2, -0.15) is 0 Å². The van der Waals surface area contributed by atoms with E-state index in [0.717, 1.165) is 10.7 Å². The Hall–Kier alpha value is -1.47. The fourth-order valence-electron chi connectivity index (χ4n) is 1.62. The number of nitrogens with one attached hydrogen (secondary N) is 1. The first-order chi connectivity index (χ1) is 7.75. The van der Waals surface area contributed by atoms with Crippen LogP contribution in [0.25, 0.3) is 0 Å². The molecule has 2 rings (SSSR count). The summed E-state index contributed by atoms with van der Waals surface area (Å²) in [7, 11) is 0. The molecule has 0 amide bonds. The Morgan fingerprint density at radius 1 is 0.938 bits per heavy atom. The van der Waals surface area contributed by atoms with Crippen molar-refractivity contribution in [2.75, 3.05) is 5.32 Å². The van der Waals surface area contributed by atoms with Crippen molar-refractivity contribution in [1.82, 2.24) is 0 Å². The third-order valence-electron chi connectivity index (χ3n) is 2.53. The first-order valence-electron chi connectivity index (χ1n) is 5.33. The Morgan fingerprint density at radius 2 is 1.56 bits per heavy atom. The minimum Gasteiger partial charge on any atom is -0.379 e. The molecular weight excluding hydrogens is 218 g/mol. The molecule has 0 fully saturated rings. The molecule has 0 aromatic heterocycles. The van der Waals surface area contributed by atoms with Crippen molar-refractivity contribution in [1.29, 1.82) is 0 Å². The highest BCUT2D eigenvalue weighted by atomic mass is 35.5. The van der Waals surface area contributed by atoms with Crippen LogP contribution in [0.3, 0.4) is 0 Å². The van der Waals surface area contributed by atoms with Crippen LogP contribution >= 0.6 is 11.6 Å². The van der Waals surface area contributed by atoms with E-state index in [1.165, 1.54) is 5.56 Å². The van der Waals surface area contributed by atoms with E-state index in [9.17, 15) is 0 Å². The van der Waals surface area contributed by atoms with Crippen molar-refractivity contribution in [2.24, 2.45) is 0 Å². The van der Waals surface area contributed by atoms with Crippen LogP contribution in [0.4, 0.5) is 5.69 Å². The van der Waals surface area contributed by atoms with E-state index in [-0.39, 0.29) is 6.04 Å². The lowest BCUT2D eigenvalue weighted by Crippen LogP contribution is -2.05. The summed E-state index contributed by atoms with van der Waals surface area (Å²) in [5.41, 5.74) is 2.36. The van der Waals surface area contributed by atoms with Crippen LogP contribution in [0.1, 0.15) is 18.5 Å². The molecule has 2 aromatic rings. The number of para-hydroxylation sites is 1. The molecule has 16 heavy (non-hydrogen) atoms. The second-order valence-corrected chi connectivity index (χ2v) is 4.22. The molecule has 1 nitrogen and oxygen atoms in total. The van der Waals surface area contributed by atoms with E-state index in [2.05, 4.69) is 24.4 Å². The number of hydrogen-bond donors (Lipinski definition) is 1. The average Bonchev–Trinajstić information content (AvgIpc) is 2.31. The highest BCUT2D eigenvalue weighted by Crippen LogP contribution is 2.20. The second kappa shape index (κ2) is 5.04. The largest absolute Gasteiger partial charge is 0.379 e. The van der Waals surface area contributed by atoms with Gasteiger partial charge in [0.1, 0.15) is 0 Å². The molecule has 0 heterocycles. The van der Waals surface area contributed by atoms with E-state index in [1.807, 2.05) is 42.5 Å². The first-order valence-corrected chi connectivity index (χ1v) is 5.70. The van der Waals surface area contributed by atoms with Crippen LogP contribution in [0, 0.1) is 0 Å². The number of halogens is 1. The maximum absolute atomic E-state index is 5.86. The van der Waals surface area contributed by atoms with Gasteiger partial charge in [-0.25, -0.2) is 0 Å². The van der Waals surface area contributed by atoms with Crippen molar-refractivity contribution in [3.8, 4) is 0 Å². The highest BCUT2D eigenvalue weighted by Gasteiger charge is 2.04. The molecule has 0 spiro atoms. The Balaban J connectivity index is 2.09.